The van der Waals surface area contributed by atoms with E-state index in [2.05, 4.69) is 0 Å². The van der Waals surface area contributed by atoms with Gasteiger partial charge < -0.3 is 44.5 Å². The van der Waals surface area contributed by atoms with Gasteiger partial charge >= 0.3 is 5.63 Å². The Labute approximate surface area is 171 Å². The Morgan fingerprint density at radius 2 is 1.77 bits per heavy atom. The third kappa shape index (κ3) is 4.49. The maximum Gasteiger partial charge on any atom is 0.336 e. The summed E-state index contributed by atoms with van der Waals surface area (Å²) in [6.07, 6.45) is -8.89. The Balaban J connectivity index is 2.02. The molecular weight excluding hydrogens is 400 g/mol. The van der Waals surface area contributed by atoms with Crippen molar-refractivity contribution in [3.63, 3.8) is 0 Å². The van der Waals surface area contributed by atoms with Gasteiger partial charge in [0.2, 0.25) is 6.29 Å². The predicted molar refractivity (Wildman–Crippen MR) is 103 cm³/mol. The Bertz CT molecular complexity index is 931. The molecule has 1 aromatic carbocycles. The number of aliphatic hydroxyl groups is 6. The molecule has 0 radical (unpaired) electrons. The molecule has 1 aliphatic rings. The average Bonchev–Trinajstić information content (AvgIpc) is 2.69. The number of fused-ring (bicyclic) bond motifs is 1. The van der Waals surface area contributed by atoms with Crippen LogP contribution in [0.1, 0.15) is 19.4 Å². The molecule has 10 nitrogen and oxygen atoms in total. The fourth-order valence-corrected chi connectivity index (χ4v) is 3.21. The molecule has 0 spiro atoms. The molecule has 1 saturated heterocycles. The summed E-state index contributed by atoms with van der Waals surface area (Å²) in [7, 11) is 0. The second-order valence-electron chi connectivity index (χ2n) is 7.90. The van der Waals surface area contributed by atoms with Crippen LogP contribution >= 0.6 is 0 Å². The zero-order chi connectivity index (χ0) is 22.2. The molecule has 6 atom stereocenters. The summed E-state index contributed by atoms with van der Waals surface area (Å²) in [6, 6.07) is 5.84. The van der Waals surface area contributed by atoms with Crippen LogP contribution in [0.4, 0.5) is 0 Å². The second-order valence-corrected chi connectivity index (χ2v) is 7.90. The first-order chi connectivity index (χ1) is 14.0. The summed E-state index contributed by atoms with van der Waals surface area (Å²) in [4.78, 5) is 11.8. The van der Waals surface area contributed by atoms with Crippen molar-refractivity contribution in [2.45, 2.75) is 62.7 Å². The van der Waals surface area contributed by atoms with Crippen molar-refractivity contribution in [3.05, 3.63) is 40.2 Å². The Kier molecular flexibility index (Phi) is 6.48. The molecule has 6 unspecified atom stereocenters. The maximum absolute atomic E-state index is 11.8. The van der Waals surface area contributed by atoms with Gasteiger partial charge in [-0.15, -0.1) is 0 Å². The third-order valence-electron chi connectivity index (χ3n) is 5.15. The first kappa shape index (κ1) is 22.6. The largest absolute Gasteiger partial charge is 0.462 e. The van der Waals surface area contributed by atoms with Crippen LogP contribution < -0.4 is 10.4 Å². The molecule has 0 amide bonds. The van der Waals surface area contributed by atoms with Crippen LogP contribution in [0.15, 0.2) is 33.5 Å². The van der Waals surface area contributed by atoms with Gasteiger partial charge in [0, 0.05) is 23.4 Å². The van der Waals surface area contributed by atoms with Crippen LogP contribution in [-0.2, 0) is 11.2 Å². The minimum Gasteiger partial charge on any atom is -0.462 e. The van der Waals surface area contributed by atoms with E-state index in [4.69, 9.17) is 13.9 Å². The van der Waals surface area contributed by atoms with Gasteiger partial charge in [-0.05, 0) is 32.0 Å². The number of hydrogen-bond acceptors (Lipinski definition) is 10. The molecule has 2 heterocycles. The fraction of sp³-hybridized carbons (Fsp3) is 0.550. The summed E-state index contributed by atoms with van der Waals surface area (Å²) in [5, 5.41) is 60.5. The molecule has 0 bridgehead atoms. The minimum absolute atomic E-state index is 0.0597. The first-order valence-electron chi connectivity index (χ1n) is 9.46. The first-order valence-corrected chi connectivity index (χ1v) is 9.46. The van der Waals surface area contributed by atoms with E-state index < -0.39 is 54.6 Å². The van der Waals surface area contributed by atoms with Gasteiger partial charge in [-0.25, -0.2) is 4.79 Å². The molecule has 30 heavy (non-hydrogen) atoms. The zero-order valence-corrected chi connectivity index (χ0v) is 16.5. The van der Waals surface area contributed by atoms with E-state index in [-0.39, 0.29) is 23.3 Å². The minimum atomic E-state index is -1.65. The number of rotatable bonds is 6. The molecular formula is C20H26O10. The van der Waals surface area contributed by atoms with E-state index in [9.17, 15) is 35.4 Å². The highest BCUT2D eigenvalue weighted by atomic mass is 16.7. The van der Waals surface area contributed by atoms with E-state index in [0.717, 1.165) is 0 Å². The number of benzene rings is 1. The predicted octanol–water partition coefficient (Wildman–Crippen LogP) is -1.35. The second kappa shape index (κ2) is 8.60. The normalized spacial score (nSPS) is 28.5. The van der Waals surface area contributed by atoms with Crippen LogP contribution in [0.2, 0.25) is 0 Å². The van der Waals surface area contributed by atoms with Gasteiger partial charge in [0.05, 0.1) is 18.3 Å². The van der Waals surface area contributed by atoms with Gasteiger partial charge in [0.25, 0.3) is 0 Å². The number of aliphatic hydroxyl groups excluding tert-OH is 5. The van der Waals surface area contributed by atoms with E-state index in [0.29, 0.717) is 5.39 Å². The van der Waals surface area contributed by atoms with E-state index >= 15 is 0 Å². The highest BCUT2D eigenvalue weighted by Crippen LogP contribution is 2.33. The monoisotopic (exact) mass is 426 g/mol. The highest BCUT2D eigenvalue weighted by Gasteiger charge is 2.45. The molecule has 6 N–H and O–H groups in total. The van der Waals surface area contributed by atoms with E-state index in [1.807, 2.05) is 0 Å². The van der Waals surface area contributed by atoms with Crippen LogP contribution in [-0.4, -0.2) is 79.7 Å². The van der Waals surface area contributed by atoms with Crippen molar-refractivity contribution in [1.82, 2.24) is 0 Å². The number of ether oxygens (including phenoxy) is 2. The van der Waals surface area contributed by atoms with Crippen LogP contribution in [0.3, 0.4) is 0 Å². The van der Waals surface area contributed by atoms with Crippen molar-refractivity contribution in [2.75, 3.05) is 6.61 Å². The Morgan fingerprint density at radius 3 is 2.40 bits per heavy atom. The van der Waals surface area contributed by atoms with E-state index in [1.165, 1.54) is 32.0 Å². The van der Waals surface area contributed by atoms with Crippen LogP contribution in [0.5, 0.6) is 5.75 Å². The van der Waals surface area contributed by atoms with Crippen molar-refractivity contribution in [2.24, 2.45) is 0 Å². The van der Waals surface area contributed by atoms with E-state index in [1.54, 1.807) is 6.07 Å². The van der Waals surface area contributed by atoms with Gasteiger partial charge in [-0.2, -0.15) is 0 Å². The van der Waals surface area contributed by atoms with Crippen LogP contribution in [0, 0.1) is 0 Å². The lowest BCUT2D eigenvalue weighted by Crippen LogP contribution is -2.60. The van der Waals surface area contributed by atoms with Crippen molar-refractivity contribution in [3.8, 4) is 5.75 Å². The summed E-state index contributed by atoms with van der Waals surface area (Å²) in [5.41, 5.74) is -1.76. The standard InChI is InChI=1S/C20H26O10/c1-20(2,27)13(22)7-10-11(5-3-9-4-6-14(23)30-18(9)10)28-19-17(26)16(25)15(24)12(8-21)29-19/h3-6,12-13,15-17,19,21-22,24-27H,7-8H2,1-2H3. The smallest absolute Gasteiger partial charge is 0.336 e. The fourth-order valence-electron chi connectivity index (χ4n) is 3.21. The quantitative estimate of drug-likeness (QED) is 0.303. The summed E-state index contributed by atoms with van der Waals surface area (Å²) >= 11 is 0. The SMILES string of the molecule is CC(C)(O)C(O)Cc1c(OC2OC(CO)C(O)C(O)C2O)ccc2ccc(=O)oc12. The third-order valence-corrected chi connectivity index (χ3v) is 5.15. The molecule has 0 aliphatic carbocycles. The molecule has 0 saturated carbocycles. The number of hydrogen-bond donors (Lipinski definition) is 6. The van der Waals surface area contributed by atoms with Gasteiger partial charge in [0.1, 0.15) is 35.7 Å². The summed E-state index contributed by atoms with van der Waals surface area (Å²) in [5.74, 6) is 0.0597. The topological polar surface area (TPSA) is 170 Å². The highest BCUT2D eigenvalue weighted by molar-refractivity contribution is 5.82. The Morgan fingerprint density at radius 1 is 1.10 bits per heavy atom. The van der Waals surface area contributed by atoms with Gasteiger partial charge in [-0.3, -0.25) is 0 Å². The van der Waals surface area contributed by atoms with Crippen LogP contribution in [0.25, 0.3) is 11.0 Å². The average molecular weight is 426 g/mol. The summed E-state index contributed by atoms with van der Waals surface area (Å²) in [6.45, 7) is 2.20. The molecule has 10 heteroatoms. The lowest BCUT2D eigenvalue weighted by molar-refractivity contribution is -0.277. The zero-order valence-electron chi connectivity index (χ0n) is 16.5. The van der Waals surface area contributed by atoms with Gasteiger partial charge in [0.15, 0.2) is 0 Å². The molecule has 166 valence electrons. The van der Waals surface area contributed by atoms with Crippen molar-refractivity contribution < 1.29 is 44.5 Å². The molecule has 1 aliphatic heterocycles. The van der Waals surface area contributed by atoms with Crippen molar-refractivity contribution in [1.29, 1.82) is 0 Å². The van der Waals surface area contributed by atoms with Crippen molar-refractivity contribution >= 4 is 11.0 Å². The maximum atomic E-state index is 11.8. The molecule has 1 aromatic heterocycles. The lowest BCUT2D eigenvalue weighted by Gasteiger charge is -2.39. The molecule has 3 rings (SSSR count). The Hall–Kier alpha value is -2.05. The summed E-state index contributed by atoms with van der Waals surface area (Å²) < 4.78 is 16.3. The lowest BCUT2D eigenvalue weighted by atomic mass is 9.93. The molecule has 1 fully saturated rings. The van der Waals surface area contributed by atoms with Gasteiger partial charge in [-0.1, -0.05) is 0 Å². The molecule has 2 aromatic rings.